The molecule has 7 nitrogen and oxygen atoms in total. The van der Waals surface area contributed by atoms with Crippen molar-refractivity contribution >= 4 is 34.6 Å². The van der Waals surface area contributed by atoms with Crippen LogP contribution in [0.3, 0.4) is 0 Å². The Morgan fingerprint density at radius 2 is 1.85 bits per heavy atom. The number of hydrogen-bond acceptors (Lipinski definition) is 7. The van der Waals surface area contributed by atoms with Crippen molar-refractivity contribution in [2.75, 3.05) is 36.8 Å². The van der Waals surface area contributed by atoms with Crippen LogP contribution < -0.4 is 4.90 Å². The van der Waals surface area contributed by atoms with Crippen molar-refractivity contribution in [3.05, 3.63) is 66.0 Å². The van der Waals surface area contributed by atoms with Crippen molar-refractivity contribution in [1.29, 1.82) is 0 Å². The molecular weight excluding hydrogens is 527 g/mol. The molecule has 39 heavy (non-hydrogen) atoms. The second kappa shape index (κ2) is 11.6. The van der Waals surface area contributed by atoms with Gasteiger partial charge in [-0.15, -0.1) is 11.8 Å². The van der Waals surface area contributed by atoms with Crippen molar-refractivity contribution in [3.63, 3.8) is 0 Å². The van der Waals surface area contributed by atoms with E-state index in [1.165, 1.54) is 17.8 Å². The summed E-state index contributed by atoms with van der Waals surface area (Å²) in [5.74, 6) is 1.58. The first-order chi connectivity index (χ1) is 18.8. The maximum absolute atomic E-state index is 13.4. The lowest BCUT2D eigenvalue weighted by Gasteiger charge is -2.24. The van der Waals surface area contributed by atoms with E-state index in [0.717, 1.165) is 29.9 Å². The normalized spacial score (nSPS) is 14.6. The van der Waals surface area contributed by atoms with E-state index in [2.05, 4.69) is 15.0 Å². The van der Waals surface area contributed by atoms with Crippen LogP contribution in [0, 0.1) is 0 Å². The Labute approximate surface area is 228 Å². The van der Waals surface area contributed by atoms with Crippen LogP contribution in [0.25, 0.3) is 22.4 Å². The van der Waals surface area contributed by atoms with E-state index in [4.69, 9.17) is 9.51 Å². The Balaban J connectivity index is 1.42. The highest BCUT2D eigenvalue weighted by Crippen LogP contribution is 2.37. The molecule has 3 heterocycles. The van der Waals surface area contributed by atoms with Gasteiger partial charge in [0.2, 0.25) is 5.91 Å². The number of alkyl halides is 3. The highest BCUT2D eigenvalue weighted by atomic mass is 32.2. The topological polar surface area (TPSA) is 75.4 Å². The lowest BCUT2D eigenvalue weighted by atomic mass is 10.1. The zero-order chi connectivity index (χ0) is 27.4. The van der Waals surface area contributed by atoms with Gasteiger partial charge in [0.15, 0.2) is 0 Å². The molecule has 0 N–H and O–H groups in total. The van der Waals surface area contributed by atoms with Gasteiger partial charge < -0.3 is 14.3 Å². The quantitative estimate of drug-likeness (QED) is 0.256. The van der Waals surface area contributed by atoms with Gasteiger partial charge in [0.25, 0.3) is 5.71 Å². The van der Waals surface area contributed by atoms with E-state index in [1.807, 2.05) is 42.2 Å². The fourth-order valence-corrected chi connectivity index (χ4v) is 5.44. The molecule has 4 aromatic rings. The summed E-state index contributed by atoms with van der Waals surface area (Å²) in [6, 6.07) is 14.8. The molecule has 0 radical (unpaired) electrons. The van der Waals surface area contributed by atoms with Crippen LogP contribution in [0.2, 0.25) is 0 Å². The molecule has 2 aromatic carbocycles. The summed E-state index contributed by atoms with van der Waals surface area (Å²) in [5.41, 5.74) is 0.0256. The van der Waals surface area contributed by atoms with Crippen molar-refractivity contribution in [1.82, 2.24) is 20.0 Å². The molecule has 0 bridgehead atoms. The maximum atomic E-state index is 13.4. The second-order valence-electron chi connectivity index (χ2n) is 9.33. The first-order valence-corrected chi connectivity index (χ1v) is 13.9. The van der Waals surface area contributed by atoms with Crippen LogP contribution >= 0.6 is 11.8 Å². The minimum atomic E-state index is -4.48. The SMILES string of the molecule is CCCc1nc(N2CCCN(C(=O)CSc3ccccc3)CC2)c2c(-c3cccc(C(F)(F)F)c3)noc2n1. The number of hydrogen-bond donors (Lipinski definition) is 0. The minimum Gasteiger partial charge on any atom is -0.354 e. The van der Waals surface area contributed by atoms with E-state index in [1.54, 1.807) is 6.07 Å². The number of amides is 1. The zero-order valence-corrected chi connectivity index (χ0v) is 22.3. The molecule has 204 valence electrons. The molecule has 1 amide bonds. The Morgan fingerprint density at radius 1 is 1.03 bits per heavy atom. The third kappa shape index (κ3) is 6.19. The number of benzene rings is 2. The first kappa shape index (κ1) is 27.0. The molecule has 1 aliphatic heterocycles. The predicted molar refractivity (Wildman–Crippen MR) is 145 cm³/mol. The van der Waals surface area contributed by atoms with Gasteiger partial charge in [-0.2, -0.15) is 18.2 Å². The number of thioether (sulfide) groups is 1. The van der Waals surface area contributed by atoms with Gasteiger partial charge in [0.1, 0.15) is 22.7 Å². The summed E-state index contributed by atoms with van der Waals surface area (Å²) in [6.07, 6.45) is -2.32. The van der Waals surface area contributed by atoms with Crippen molar-refractivity contribution < 1.29 is 22.5 Å². The zero-order valence-electron chi connectivity index (χ0n) is 21.4. The molecule has 1 aliphatic rings. The molecular formula is C28H28F3N5O2S. The molecule has 0 saturated carbocycles. The van der Waals surface area contributed by atoms with E-state index < -0.39 is 11.7 Å². The fraction of sp³-hybridized carbons (Fsp3) is 0.357. The molecule has 1 saturated heterocycles. The lowest BCUT2D eigenvalue weighted by molar-refractivity contribution is -0.137. The number of fused-ring (bicyclic) bond motifs is 1. The van der Waals surface area contributed by atoms with Crippen molar-refractivity contribution in [2.45, 2.75) is 37.3 Å². The molecule has 5 rings (SSSR count). The van der Waals surface area contributed by atoms with Crippen LogP contribution in [-0.4, -0.2) is 57.9 Å². The van der Waals surface area contributed by atoms with Crippen LogP contribution in [0.1, 0.15) is 31.2 Å². The number of carbonyl (C=O) groups excluding carboxylic acids is 1. The van der Waals surface area contributed by atoms with Gasteiger partial charge in [0.05, 0.1) is 11.3 Å². The summed E-state index contributed by atoms with van der Waals surface area (Å²) >= 11 is 1.51. The first-order valence-electron chi connectivity index (χ1n) is 12.9. The monoisotopic (exact) mass is 555 g/mol. The maximum Gasteiger partial charge on any atom is 0.416 e. The third-order valence-corrected chi connectivity index (χ3v) is 7.55. The Kier molecular flexibility index (Phi) is 8.06. The van der Waals surface area contributed by atoms with Crippen LogP contribution in [-0.2, 0) is 17.4 Å². The average molecular weight is 556 g/mol. The smallest absolute Gasteiger partial charge is 0.354 e. The molecule has 0 spiro atoms. The van der Waals surface area contributed by atoms with Crippen LogP contribution in [0.5, 0.6) is 0 Å². The Morgan fingerprint density at radius 3 is 2.62 bits per heavy atom. The predicted octanol–water partition coefficient (Wildman–Crippen LogP) is 6.09. The molecule has 0 unspecified atom stereocenters. The summed E-state index contributed by atoms with van der Waals surface area (Å²) in [6.45, 7) is 4.29. The van der Waals surface area contributed by atoms with Gasteiger partial charge in [-0.05, 0) is 37.1 Å². The third-order valence-electron chi connectivity index (χ3n) is 6.55. The lowest BCUT2D eigenvalue weighted by Crippen LogP contribution is -2.36. The summed E-state index contributed by atoms with van der Waals surface area (Å²) in [4.78, 5) is 27.3. The van der Waals surface area contributed by atoms with E-state index in [9.17, 15) is 18.0 Å². The average Bonchev–Trinajstić information content (AvgIpc) is 3.20. The highest BCUT2D eigenvalue weighted by Gasteiger charge is 2.32. The highest BCUT2D eigenvalue weighted by molar-refractivity contribution is 8.00. The number of nitrogens with zero attached hydrogens (tertiary/aromatic N) is 5. The number of carbonyl (C=O) groups is 1. The van der Waals surface area contributed by atoms with Gasteiger partial charge in [0, 0.05) is 43.1 Å². The molecule has 0 aliphatic carbocycles. The Bertz CT molecular complexity index is 1440. The van der Waals surface area contributed by atoms with Crippen molar-refractivity contribution in [2.24, 2.45) is 0 Å². The number of rotatable bonds is 7. The van der Waals surface area contributed by atoms with Gasteiger partial charge in [-0.3, -0.25) is 4.79 Å². The van der Waals surface area contributed by atoms with Crippen molar-refractivity contribution in [3.8, 4) is 11.3 Å². The van der Waals surface area contributed by atoms with E-state index in [-0.39, 0.29) is 22.9 Å². The summed E-state index contributed by atoms with van der Waals surface area (Å²) < 4.78 is 45.8. The number of aromatic nitrogens is 3. The second-order valence-corrected chi connectivity index (χ2v) is 10.4. The molecule has 11 heteroatoms. The number of aryl methyl sites for hydroxylation is 1. The molecule has 1 fully saturated rings. The fourth-order valence-electron chi connectivity index (χ4n) is 4.62. The van der Waals surface area contributed by atoms with Crippen LogP contribution in [0.15, 0.2) is 64.0 Å². The van der Waals surface area contributed by atoms with Gasteiger partial charge >= 0.3 is 6.18 Å². The number of halogens is 3. The molecule has 0 atom stereocenters. The summed E-state index contributed by atoms with van der Waals surface area (Å²) in [5, 5.41) is 4.61. The van der Waals surface area contributed by atoms with E-state index >= 15 is 0 Å². The van der Waals surface area contributed by atoms with E-state index in [0.29, 0.717) is 55.4 Å². The largest absolute Gasteiger partial charge is 0.416 e. The van der Waals surface area contributed by atoms with Crippen LogP contribution in [0.4, 0.5) is 19.0 Å². The molecule has 2 aromatic heterocycles. The Hall–Kier alpha value is -3.60. The summed E-state index contributed by atoms with van der Waals surface area (Å²) in [7, 11) is 0. The van der Waals surface area contributed by atoms with Gasteiger partial charge in [-0.1, -0.05) is 42.4 Å². The number of anilines is 1. The minimum absolute atomic E-state index is 0.0693. The standard InChI is InChI=1S/C28H28F3N5O2S/c1-2-8-22-32-26(24-25(34-38-27(24)33-22)19-9-6-10-20(17-19)28(29,30)31)36-14-7-13-35(15-16-36)23(37)18-39-21-11-4-3-5-12-21/h3-6,9-12,17H,2,7-8,13-16,18H2,1H3. The van der Waals surface area contributed by atoms with Gasteiger partial charge in [-0.25, -0.2) is 4.98 Å².